The van der Waals surface area contributed by atoms with Gasteiger partial charge in [0.2, 0.25) is 0 Å². The van der Waals surface area contributed by atoms with Crippen molar-refractivity contribution >= 4 is 11.9 Å². The Balaban J connectivity index is 1.93. The van der Waals surface area contributed by atoms with Crippen molar-refractivity contribution in [2.75, 3.05) is 13.2 Å². The van der Waals surface area contributed by atoms with Crippen LogP contribution in [-0.4, -0.2) is 59.2 Å². The number of ether oxygens (including phenoxy) is 2. The minimum atomic E-state index is -1.19. The second-order valence-electron chi connectivity index (χ2n) is 5.80. The molecular weight excluding hydrogens is 266 g/mol. The number of carboxylic acids is 2. The maximum Gasteiger partial charge on any atom is 0.323 e. The quantitative estimate of drug-likeness (QED) is 0.661. The average molecular weight is 285 g/mol. The largest absolute Gasteiger partial charge is 0.481 e. The van der Waals surface area contributed by atoms with Crippen molar-refractivity contribution in [1.29, 1.82) is 0 Å². The summed E-state index contributed by atoms with van der Waals surface area (Å²) in [5, 5.41) is 21.4. The van der Waals surface area contributed by atoms with Crippen LogP contribution in [0.15, 0.2) is 0 Å². The van der Waals surface area contributed by atoms with E-state index in [0.29, 0.717) is 13.2 Å². The third-order valence-electron chi connectivity index (χ3n) is 4.66. The summed E-state index contributed by atoms with van der Waals surface area (Å²) >= 11 is 0. The van der Waals surface area contributed by atoms with Gasteiger partial charge in [-0.3, -0.25) is 9.59 Å². The predicted molar refractivity (Wildman–Crippen MR) is 66.4 cm³/mol. The standard InChI is InChI=1S/C13H19NO6/c15-9(16)5-13-7(6-14-11(13)12(17)18)10-8(20-13)3-1-2-4-19-10/h7-8,10-11,14H,1-6H2,(H,15,16)(H,17,18)/t7?,8-,10-,11-,13+/m0/s1. The highest BCUT2D eigenvalue weighted by Gasteiger charge is 2.65. The van der Waals surface area contributed by atoms with Crippen molar-refractivity contribution in [3.05, 3.63) is 0 Å². The van der Waals surface area contributed by atoms with E-state index in [0.717, 1.165) is 19.3 Å². The van der Waals surface area contributed by atoms with Crippen LogP contribution in [0.4, 0.5) is 0 Å². The van der Waals surface area contributed by atoms with E-state index >= 15 is 0 Å². The lowest BCUT2D eigenvalue weighted by molar-refractivity contribution is -0.157. The molecule has 3 aliphatic rings. The molecule has 7 heteroatoms. The lowest BCUT2D eigenvalue weighted by Crippen LogP contribution is -2.52. The Bertz CT molecular complexity index is 427. The summed E-state index contributed by atoms with van der Waals surface area (Å²) < 4.78 is 11.8. The molecule has 3 saturated heterocycles. The molecule has 0 aliphatic carbocycles. The van der Waals surface area contributed by atoms with Crippen LogP contribution in [0.2, 0.25) is 0 Å². The Hall–Kier alpha value is -1.18. The zero-order valence-corrected chi connectivity index (χ0v) is 11.1. The van der Waals surface area contributed by atoms with Crippen LogP contribution in [0, 0.1) is 5.92 Å². The summed E-state index contributed by atoms with van der Waals surface area (Å²) in [5.74, 6) is -2.32. The van der Waals surface area contributed by atoms with Crippen molar-refractivity contribution in [2.24, 2.45) is 5.92 Å². The minimum Gasteiger partial charge on any atom is -0.481 e. The van der Waals surface area contributed by atoms with Gasteiger partial charge in [0.1, 0.15) is 11.6 Å². The van der Waals surface area contributed by atoms with Crippen molar-refractivity contribution in [3.63, 3.8) is 0 Å². The van der Waals surface area contributed by atoms with Crippen molar-refractivity contribution in [1.82, 2.24) is 5.32 Å². The van der Waals surface area contributed by atoms with E-state index in [-0.39, 0.29) is 24.5 Å². The SMILES string of the molecule is O=C(O)C[C@@]12O[C@H]3CCCCO[C@H]3C1CN[C@H]2C(=O)O. The fourth-order valence-corrected chi connectivity index (χ4v) is 3.88. The molecule has 0 saturated carbocycles. The second-order valence-corrected chi connectivity index (χ2v) is 5.80. The smallest absolute Gasteiger partial charge is 0.323 e. The summed E-state index contributed by atoms with van der Waals surface area (Å²) in [6.07, 6.45) is 2.03. The maximum absolute atomic E-state index is 11.4. The van der Waals surface area contributed by atoms with E-state index in [9.17, 15) is 14.7 Å². The summed E-state index contributed by atoms with van der Waals surface area (Å²) in [6.45, 7) is 1.05. The topological polar surface area (TPSA) is 105 Å². The van der Waals surface area contributed by atoms with Crippen LogP contribution in [0.1, 0.15) is 25.7 Å². The van der Waals surface area contributed by atoms with Gasteiger partial charge in [0.25, 0.3) is 0 Å². The molecule has 20 heavy (non-hydrogen) atoms. The van der Waals surface area contributed by atoms with E-state index in [1.165, 1.54) is 0 Å². The molecule has 5 atom stereocenters. The first-order valence-electron chi connectivity index (χ1n) is 7.02. The van der Waals surface area contributed by atoms with Crippen LogP contribution in [-0.2, 0) is 19.1 Å². The van der Waals surface area contributed by atoms with Crippen LogP contribution >= 0.6 is 0 Å². The van der Waals surface area contributed by atoms with Gasteiger partial charge >= 0.3 is 11.9 Å². The van der Waals surface area contributed by atoms with Gasteiger partial charge in [-0.2, -0.15) is 0 Å². The molecule has 3 fully saturated rings. The Morgan fingerprint density at radius 3 is 2.80 bits per heavy atom. The molecule has 0 spiro atoms. The molecule has 0 bridgehead atoms. The zero-order valence-electron chi connectivity index (χ0n) is 11.1. The molecule has 1 unspecified atom stereocenters. The fourth-order valence-electron chi connectivity index (χ4n) is 3.88. The summed E-state index contributed by atoms with van der Waals surface area (Å²) in [5.41, 5.74) is -1.19. The Morgan fingerprint density at radius 1 is 1.30 bits per heavy atom. The number of carbonyl (C=O) groups is 2. The second kappa shape index (κ2) is 4.98. The van der Waals surface area contributed by atoms with E-state index in [2.05, 4.69) is 5.32 Å². The molecule has 3 heterocycles. The Kier molecular flexibility index (Phi) is 3.43. The maximum atomic E-state index is 11.4. The highest BCUT2D eigenvalue weighted by atomic mass is 16.6. The van der Waals surface area contributed by atoms with Crippen molar-refractivity contribution < 1.29 is 29.3 Å². The molecule has 0 radical (unpaired) electrons. The highest BCUT2D eigenvalue weighted by molar-refractivity contribution is 5.79. The third-order valence-corrected chi connectivity index (χ3v) is 4.66. The summed E-state index contributed by atoms with van der Waals surface area (Å²) in [4.78, 5) is 22.6. The molecular formula is C13H19NO6. The number of hydrogen-bond donors (Lipinski definition) is 3. The predicted octanol–water partition coefficient (Wildman–Crippen LogP) is -0.160. The first-order chi connectivity index (χ1) is 9.54. The number of aliphatic carboxylic acids is 2. The lowest BCUT2D eigenvalue weighted by Gasteiger charge is -2.31. The van der Waals surface area contributed by atoms with Crippen molar-refractivity contribution in [2.45, 2.75) is 49.5 Å². The number of rotatable bonds is 3. The highest BCUT2D eigenvalue weighted by Crippen LogP contribution is 2.48. The van der Waals surface area contributed by atoms with E-state index in [1.54, 1.807) is 0 Å². The molecule has 0 amide bonds. The monoisotopic (exact) mass is 285 g/mol. The molecule has 0 aromatic heterocycles. The van der Waals surface area contributed by atoms with Gasteiger partial charge in [0, 0.05) is 19.1 Å². The minimum absolute atomic E-state index is 0.189. The Morgan fingerprint density at radius 2 is 2.10 bits per heavy atom. The lowest BCUT2D eigenvalue weighted by atomic mass is 9.80. The molecule has 7 nitrogen and oxygen atoms in total. The number of hydrogen-bond acceptors (Lipinski definition) is 5. The number of nitrogens with one attached hydrogen (secondary N) is 1. The molecule has 112 valence electrons. The van der Waals surface area contributed by atoms with Gasteiger partial charge in [-0.05, 0) is 19.3 Å². The van der Waals surface area contributed by atoms with Gasteiger partial charge in [0.15, 0.2) is 0 Å². The average Bonchev–Trinajstić information content (AvgIpc) is 2.72. The molecule has 3 aliphatic heterocycles. The van der Waals surface area contributed by atoms with Crippen LogP contribution in [0.3, 0.4) is 0 Å². The molecule has 3 rings (SSSR count). The number of carboxylic acid groups (broad SMARTS) is 2. The summed E-state index contributed by atoms with van der Waals surface area (Å²) in [7, 11) is 0. The molecule has 3 N–H and O–H groups in total. The van der Waals surface area contributed by atoms with Crippen LogP contribution in [0.25, 0.3) is 0 Å². The zero-order chi connectivity index (χ0) is 14.3. The van der Waals surface area contributed by atoms with Gasteiger partial charge in [0.05, 0.1) is 18.6 Å². The first kappa shape index (κ1) is 13.8. The van der Waals surface area contributed by atoms with Crippen LogP contribution < -0.4 is 5.32 Å². The van der Waals surface area contributed by atoms with Gasteiger partial charge in [-0.15, -0.1) is 0 Å². The first-order valence-corrected chi connectivity index (χ1v) is 7.02. The number of fused-ring (bicyclic) bond motifs is 3. The van der Waals surface area contributed by atoms with E-state index in [4.69, 9.17) is 14.6 Å². The molecule has 0 aromatic rings. The van der Waals surface area contributed by atoms with Crippen LogP contribution in [0.5, 0.6) is 0 Å². The summed E-state index contributed by atoms with van der Waals surface area (Å²) in [6, 6.07) is -0.987. The van der Waals surface area contributed by atoms with E-state index in [1.807, 2.05) is 0 Å². The normalized spacial score (nSPS) is 43.6. The van der Waals surface area contributed by atoms with Gasteiger partial charge in [-0.25, -0.2) is 0 Å². The molecule has 0 aromatic carbocycles. The fraction of sp³-hybridized carbons (Fsp3) is 0.846. The Labute approximate surface area is 116 Å². The van der Waals surface area contributed by atoms with Gasteiger partial charge in [-0.1, -0.05) is 0 Å². The van der Waals surface area contributed by atoms with E-state index < -0.39 is 23.6 Å². The van der Waals surface area contributed by atoms with Gasteiger partial charge < -0.3 is 25.0 Å². The third kappa shape index (κ3) is 2.01. The van der Waals surface area contributed by atoms with Crippen molar-refractivity contribution in [3.8, 4) is 0 Å².